The first kappa shape index (κ1) is 17.8. The lowest BCUT2D eigenvalue weighted by molar-refractivity contribution is 0.0735. The molecule has 1 aliphatic rings. The van der Waals surface area contributed by atoms with Gasteiger partial charge in [-0.15, -0.1) is 12.4 Å². The van der Waals surface area contributed by atoms with E-state index in [0.29, 0.717) is 18.8 Å². The second-order valence-electron chi connectivity index (χ2n) is 4.76. The number of benzene rings is 1. The first-order valence-electron chi connectivity index (χ1n) is 7.03. The zero-order valence-corrected chi connectivity index (χ0v) is 13.2. The number of ether oxygens (including phenoxy) is 2. The van der Waals surface area contributed by atoms with Crippen LogP contribution in [0.5, 0.6) is 5.75 Å². The molecular weight excluding hydrogens is 292 g/mol. The van der Waals surface area contributed by atoms with Crippen molar-refractivity contribution < 1.29 is 14.3 Å². The molecule has 0 atom stereocenters. The minimum Gasteiger partial charge on any atom is -0.493 e. The van der Waals surface area contributed by atoms with Gasteiger partial charge in [0.05, 0.1) is 6.61 Å². The topological polar surface area (TPSA) is 50.8 Å². The van der Waals surface area contributed by atoms with Gasteiger partial charge in [0.15, 0.2) is 0 Å². The second kappa shape index (κ2) is 9.60. The summed E-state index contributed by atoms with van der Waals surface area (Å²) in [6.45, 7) is 4.52. The Hall–Kier alpha value is -1.30. The van der Waals surface area contributed by atoms with Crippen molar-refractivity contribution in [3.8, 4) is 5.75 Å². The summed E-state index contributed by atoms with van der Waals surface area (Å²) in [5.74, 6) is 0.816. The maximum atomic E-state index is 12.4. The van der Waals surface area contributed by atoms with Crippen molar-refractivity contribution in [3.63, 3.8) is 0 Å². The Morgan fingerprint density at radius 1 is 1.29 bits per heavy atom. The molecule has 0 aliphatic carbocycles. The Morgan fingerprint density at radius 3 is 2.76 bits per heavy atom. The molecule has 1 aromatic rings. The highest BCUT2D eigenvalue weighted by molar-refractivity contribution is 5.94. The molecule has 1 N–H and O–H groups in total. The number of nitrogens with zero attached hydrogens (tertiary/aromatic N) is 1. The van der Waals surface area contributed by atoms with Gasteiger partial charge >= 0.3 is 0 Å². The number of methoxy groups -OCH3 is 1. The summed E-state index contributed by atoms with van der Waals surface area (Å²) in [6.07, 6.45) is 0.840. The molecule has 0 unspecified atom stereocenters. The van der Waals surface area contributed by atoms with Gasteiger partial charge in [-0.2, -0.15) is 0 Å². The van der Waals surface area contributed by atoms with Crippen LogP contribution in [0.25, 0.3) is 0 Å². The van der Waals surface area contributed by atoms with E-state index < -0.39 is 0 Å². The molecule has 0 spiro atoms. The Morgan fingerprint density at radius 2 is 2.05 bits per heavy atom. The standard InChI is InChI=1S/C15H22N2O3.ClH/c1-19-10-3-11-20-14-5-2-4-13(12-14)15(18)17-8-6-16-7-9-17;/h2,4-5,12,16H,3,6-11H2,1H3;1H. The Bertz CT molecular complexity index is 437. The molecule has 1 saturated heterocycles. The van der Waals surface area contributed by atoms with E-state index in [2.05, 4.69) is 5.32 Å². The van der Waals surface area contributed by atoms with E-state index in [-0.39, 0.29) is 18.3 Å². The van der Waals surface area contributed by atoms with Crippen LogP contribution in [0, 0.1) is 0 Å². The van der Waals surface area contributed by atoms with Gasteiger partial charge in [-0.3, -0.25) is 4.79 Å². The Kier molecular flexibility index (Phi) is 8.12. The van der Waals surface area contributed by atoms with E-state index in [1.165, 1.54) is 0 Å². The van der Waals surface area contributed by atoms with Crippen molar-refractivity contribution in [2.45, 2.75) is 6.42 Å². The first-order chi connectivity index (χ1) is 9.81. The lowest BCUT2D eigenvalue weighted by Crippen LogP contribution is -2.46. The third-order valence-electron chi connectivity index (χ3n) is 3.25. The second-order valence-corrected chi connectivity index (χ2v) is 4.76. The summed E-state index contributed by atoms with van der Waals surface area (Å²) in [5.41, 5.74) is 0.691. The lowest BCUT2D eigenvalue weighted by Gasteiger charge is -2.27. The third kappa shape index (κ3) is 5.53. The SMILES string of the molecule is COCCCOc1cccc(C(=O)N2CCNCC2)c1.Cl. The number of carbonyl (C=O) groups excluding carboxylic acids is 1. The summed E-state index contributed by atoms with van der Waals surface area (Å²) in [7, 11) is 1.67. The van der Waals surface area contributed by atoms with Crippen LogP contribution < -0.4 is 10.1 Å². The fourth-order valence-electron chi connectivity index (χ4n) is 2.16. The van der Waals surface area contributed by atoms with Crippen molar-refractivity contribution in [1.82, 2.24) is 10.2 Å². The predicted octanol–water partition coefficient (Wildman–Crippen LogP) is 1.57. The molecule has 0 radical (unpaired) electrons. The molecule has 1 fully saturated rings. The molecule has 0 saturated carbocycles. The molecule has 1 aromatic carbocycles. The van der Waals surface area contributed by atoms with Crippen molar-refractivity contribution in [3.05, 3.63) is 29.8 Å². The number of hydrogen-bond acceptors (Lipinski definition) is 4. The fraction of sp³-hybridized carbons (Fsp3) is 0.533. The van der Waals surface area contributed by atoms with Gasteiger partial charge in [-0.25, -0.2) is 0 Å². The van der Waals surface area contributed by atoms with Crippen LogP contribution in [0.1, 0.15) is 16.8 Å². The van der Waals surface area contributed by atoms with E-state index in [0.717, 1.165) is 38.3 Å². The van der Waals surface area contributed by atoms with Gasteiger partial charge in [-0.1, -0.05) is 6.07 Å². The predicted molar refractivity (Wildman–Crippen MR) is 84.5 cm³/mol. The zero-order valence-electron chi connectivity index (χ0n) is 12.3. The number of carbonyl (C=O) groups is 1. The Balaban J connectivity index is 0.00000220. The monoisotopic (exact) mass is 314 g/mol. The number of nitrogens with one attached hydrogen (secondary N) is 1. The van der Waals surface area contributed by atoms with Crippen molar-refractivity contribution >= 4 is 18.3 Å². The maximum absolute atomic E-state index is 12.4. The van der Waals surface area contributed by atoms with Crippen LogP contribution >= 0.6 is 12.4 Å². The van der Waals surface area contributed by atoms with E-state index in [9.17, 15) is 4.79 Å². The average molecular weight is 315 g/mol. The van der Waals surface area contributed by atoms with Crippen molar-refractivity contribution in [2.24, 2.45) is 0 Å². The minimum absolute atomic E-state index is 0. The van der Waals surface area contributed by atoms with Crippen LogP contribution in [0.4, 0.5) is 0 Å². The van der Waals surface area contributed by atoms with Gasteiger partial charge in [0.1, 0.15) is 5.75 Å². The number of amides is 1. The molecule has 6 heteroatoms. The Labute approximate surface area is 132 Å². The summed E-state index contributed by atoms with van der Waals surface area (Å²) in [6, 6.07) is 7.39. The van der Waals surface area contributed by atoms with Gasteiger partial charge in [-0.05, 0) is 18.2 Å². The molecule has 5 nitrogen and oxygen atoms in total. The van der Waals surface area contributed by atoms with E-state index in [1.54, 1.807) is 7.11 Å². The quantitative estimate of drug-likeness (QED) is 0.810. The first-order valence-corrected chi connectivity index (χ1v) is 7.03. The van der Waals surface area contributed by atoms with Crippen LogP contribution in [0.3, 0.4) is 0 Å². The van der Waals surface area contributed by atoms with E-state index >= 15 is 0 Å². The maximum Gasteiger partial charge on any atom is 0.254 e. The molecule has 2 rings (SSSR count). The van der Waals surface area contributed by atoms with Gasteiger partial charge in [0, 0.05) is 51.9 Å². The number of piperazine rings is 1. The average Bonchev–Trinajstić information content (AvgIpc) is 2.52. The normalized spacial score (nSPS) is 14.4. The fourth-order valence-corrected chi connectivity index (χ4v) is 2.16. The molecule has 21 heavy (non-hydrogen) atoms. The van der Waals surface area contributed by atoms with Crippen LogP contribution in [0.2, 0.25) is 0 Å². The highest BCUT2D eigenvalue weighted by atomic mass is 35.5. The summed E-state index contributed by atoms with van der Waals surface area (Å²) < 4.78 is 10.6. The minimum atomic E-state index is 0. The number of halogens is 1. The van der Waals surface area contributed by atoms with Crippen LogP contribution in [-0.4, -0.2) is 57.3 Å². The molecular formula is C15H23ClN2O3. The van der Waals surface area contributed by atoms with Crippen LogP contribution in [-0.2, 0) is 4.74 Å². The molecule has 0 bridgehead atoms. The van der Waals surface area contributed by atoms with Gasteiger partial charge < -0.3 is 19.7 Å². The largest absolute Gasteiger partial charge is 0.493 e. The smallest absolute Gasteiger partial charge is 0.254 e. The van der Waals surface area contributed by atoms with Crippen molar-refractivity contribution in [2.75, 3.05) is 46.5 Å². The molecule has 118 valence electrons. The third-order valence-corrected chi connectivity index (χ3v) is 3.25. The molecule has 1 amide bonds. The van der Waals surface area contributed by atoms with Crippen molar-refractivity contribution in [1.29, 1.82) is 0 Å². The van der Waals surface area contributed by atoms with E-state index in [1.807, 2.05) is 29.2 Å². The summed E-state index contributed by atoms with van der Waals surface area (Å²) in [5, 5.41) is 3.24. The molecule has 1 aliphatic heterocycles. The van der Waals surface area contributed by atoms with E-state index in [4.69, 9.17) is 9.47 Å². The highest BCUT2D eigenvalue weighted by Gasteiger charge is 2.18. The van der Waals surface area contributed by atoms with Gasteiger partial charge in [0.25, 0.3) is 5.91 Å². The van der Waals surface area contributed by atoms with Crippen LogP contribution in [0.15, 0.2) is 24.3 Å². The molecule has 0 aromatic heterocycles. The zero-order chi connectivity index (χ0) is 14.2. The molecule has 1 heterocycles. The number of hydrogen-bond donors (Lipinski definition) is 1. The number of rotatable bonds is 6. The van der Waals surface area contributed by atoms with Gasteiger partial charge in [0.2, 0.25) is 0 Å². The lowest BCUT2D eigenvalue weighted by atomic mass is 10.1. The highest BCUT2D eigenvalue weighted by Crippen LogP contribution is 2.15. The summed E-state index contributed by atoms with van der Waals surface area (Å²) >= 11 is 0. The summed E-state index contributed by atoms with van der Waals surface area (Å²) in [4.78, 5) is 14.2.